The van der Waals surface area contributed by atoms with Crippen LogP contribution in [0.4, 0.5) is 0 Å². The molecule has 0 saturated heterocycles. The molecule has 1 aromatic carbocycles. The molecule has 0 saturated carbocycles. The molecule has 2 unspecified atom stereocenters. The Labute approximate surface area is 106 Å². The number of hydrogen-bond acceptors (Lipinski definition) is 5. The van der Waals surface area contributed by atoms with Gasteiger partial charge in [0.1, 0.15) is 6.04 Å². The highest BCUT2D eigenvalue weighted by atomic mass is 16.5. The first kappa shape index (κ1) is 14.3. The number of esters is 1. The Morgan fingerprint density at radius 3 is 2.56 bits per heavy atom. The SMILES string of the molecule is CCC(CC(N)C(=O)OC)c1ccc(O)c(O)c1. The van der Waals surface area contributed by atoms with Crippen LogP contribution in [0.3, 0.4) is 0 Å². The normalized spacial score (nSPS) is 13.9. The van der Waals surface area contributed by atoms with Crippen molar-refractivity contribution in [3.63, 3.8) is 0 Å². The Kier molecular flexibility index (Phi) is 4.97. The molecule has 18 heavy (non-hydrogen) atoms. The zero-order valence-corrected chi connectivity index (χ0v) is 10.6. The number of methoxy groups -OCH3 is 1. The van der Waals surface area contributed by atoms with Gasteiger partial charge in [0.2, 0.25) is 0 Å². The minimum Gasteiger partial charge on any atom is -0.504 e. The van der Waals surface area contributed by atoms with Crippen molar-refractivity contribution >= 4 is 5.97 Å². The molecule has 0 amide bonds. The van der Waals surface area contributed by atoms with Crippen LogP contribution in [0.2, 0.25) is 0 Å². The van der Waals surface area contributed by atoms with Crippen molar-refractivity contribution in [1.29, 1.82) is 0 Å². The van der Waals surface area contributed by atoms with Crippen LogP contribution in [-0.2, 0) is 9.53 Å². The summed E-state index contributed by atoms with van der Waals surface area (Å²) in [7, 11) is 1.30. The number of aromatic hydroxyl groups is 2. The fourth-order valence-corrected chi connectivity index (χ4v) is 1.89. The molecule has 2 atom stereocenters. The van der Waals surface area contributed by atoms with E-state index in [-0.39, 0.29) is 17.4 Å². The Hall–Kier alpha value is -1.75. The van der Waals surface area contributed by atoms with Crippen LogP contribution >= 0.6 is 0 Å². The number of benzene rings is 1. The maximum Gasteiger partial charge on any atom is 0.322 e. The third kappa shape index (κ3) is 3.37. The number of rotatable bonds is 5. The first-order valence-corrected chi connectivity index (χ1v) is 5.84. The molecule has 0 aliphatic heterocycles. The van der Waals surface area contributed by atoms with Crippen molar-refractivity contribution in [3.05, 3.63) is 23.8 Å². The lowest BCUT2D eigenvalue weighted by Gasteiger charge is -2.19. The number of ether oxygens (including phenoxy) is 1. The predicted octanol–water partition coefficient (Wildman–Crippen LogP) is 1.48. The summed E-state index contributed by atoms with van der Waals surface area (Å²) in [5.41, 5.74) is 6.56. The minimum atomic E-state index is -0.684. The first-order chi connectivity index (χ1) is 8.49. The largest absolute Gasteiger partial charge is 0.504 e. The monoisotopic (exact) mass is 253 g/mol. The van der Waals surface area contributed by atoms with E-state index in [0.717, 1.165) is 12.0 Å². The van der Waals surface area contributed by atoms with Crippen LogP contribution in [0.1, 0.15) is 31.2 Å². The summed E-state index contributed by atoms with van der Waals surface area (Å²) >= 11 is 0. The molecule has 1 rings (SSSR count). The summed E-state index contributed by atoms with van der Waals surface area (Å²) < 4.78 is 4.58. The molecule has 0 aromatic heterocycles. The maximum absolute atomic E-state index is 11.3. The quantitative estimate of drug-likeness (QED) is 0.546. The number of phenolic OH excluding ortho intramolecular Hbond substituents is 2. The van der Waals surface area contributed by atoms with Crippen LogP contribution in [0, 0.1) is 0 Å². The molecule has 1 aromatic rings. The summed E-state index contributed by atoms with van der Waals surface area (Å²) in [4.78, 5) is 11.3. The van der Waals surface area contributed by atoms with Gasteiger partial charge in [-0.25, -0.2) is 0 Å². The van der Waals surface area contributed by atoms with Crippen molar-refractivity contribution < 1.29 is 19.7 Å². The van der Waals surface area contributed by atoms with Crippen LogP contribution in [0.25, 0.3) is 0 Å². The van der Waals surface area contributed by atoms with Gasteiger partial charge in [-0.05, 0) is 36.5 Å². The summed E-state index contributed by atoms with van der Waals surface area (Å²) in [6, 6.07) is 3.95. The average molecular weight is 253 g/mol. The van der Waals surface area contributed by atoms with Gasteiger partial charge in [-0.3, -0.25) is 4.79 Å². The molecule has 4 N–H and O–H groups in total. The van der Waals surface area contributed by atoms with E-state index in [1.54, 1.807) is 6.07 Å². The van der Waals surface area contributed by atoms with E-state index >= 15 is 0 Å². The van der Waals surface area contributed by atoms with E-state index in [1.807, 2.05) is 6.92 Å². The number of carbonyl (C=O) groups excluding carboxylic acids is 1. The van der Waals surface area contributed by atoms with E-state index in [0.29, 0.717) is 6.42 Å². The van der Waals surface area contributed by atoms with Gasteiger partial charge in [0, 0.05) is 0 Å². The summed E-state index contributed by atoms with van der Waals surface area (Å²) in [6.45, 7) is 1.97. The van der Waals surface area contributed by atoms with Crippen molar-refractivity contribution in [1.82, 2.24) is 0 Å². The fraction of sp³-hybridized carbons (Fsp3) is 0.462. The Morgan fingerprint density at radius 2 is 2.06 bits per heavy atom. The zero-order chi connectivity index (χ0) is 13.7. The molecular formula is C13H19NO4. The Morgan fingerprint density at radius 1 is 1.39 bits per heavy atom. The van der Waals surface area contributed by atoms with Gasteiger partial charge < -0.3 is 20.7 Å². The van der Waals surface area contributed by atoms with Gasteiger partial charge in [-0.15, -0.1) is 0 Å². The van der Waals surface area contributed by atoms with Crippen LogP contribution in [-0.4, -0.2) is 29.3 Å². The first-order valence-electron chi connectivity index (χ1n) is 5.84. The van der Waals surface area contributed by atoms with E-state index < -0.39 is 12.0 Å². The highest BCUT2D eigenvalue weighted by Crippen LogP contribution is 2.32. The standard InChI is InChI=1S/C13H19NO4/c1-3-8(6-10(14)13(17)18-2)9-4-5-11(15)12(16)7-9/h4-5,7-8,10,15-16H,3,6,14H2,1-2H3. The Balaban J connectivity index is 2.82. The predicted molar refractivity (Wildman–Crippen MR) is 67.4 cm³/mol. The van der Waals surface area contributed by atoms with E-state index in [9.17, 15) is 15.0 Å². The molecule has 0 fully saturated rings. The Bertz CT molecular complexity index is 419. The maximum atomic E-state index is 11.3. The summed E-state index contributed by atoms with van der Waals surface area (Å²) in [6.07, 6.45) is 1.21. The molecule has 0 aliphatic rings. The molecule has 0 radical (unpaired) electrons. The molecule has 5 heteroatoms. The number of hydrogen-bond donors (Lipinski definition) is 3. The molecular weight excluding hydrogens is 234 g/mol. The molecule has 0 bridgehead atoms. The van der Waals surface area contributed by atoms with Gasteiger partial charge in [0.05, 0.1) is 7.11 Å². The van der Waals surface area contributed by atoms with E-state index in [2.05, 4.69) is 4.74 Å². The number of nitrogens with two attached hydrogens (primary N) is 1. The van der Waals surface area contributed by atoms with Crippen molar-refractivity contribution in [3.8, 4) is 11.5 Å². The molecule has 0 aliphatic carbocycles. The van der Waals surface area contributed by atoms with Gasteiger partial charge in [0.25, 0.3) is 0 Å². The van der Waals surface area contributed by atoms with E-state index in [1.165, 1.54) is 19.2 Å². The molecule has 5 nitrogen and oxygen atoms in total. The summed E-state index contributed by atoms with van der Waals surface area (Å²) in [5.74, 6) is -0.745. The second-order valence-corrected chi connectivity index (χ2v) is 4.22. The fourth-order valence-electron chi connectivity index (χ4n) is 1.89. The lowest BCUT2D eigenvalue weighted by Crippen LogP contribution is -2.33. The van der Waals surface area contributed by atoms with Gasteiger partial charge in [-0.1, -0.05) is 13.0 Å². The number of phenols is 2. The van der Waals surface area contributed by atoms with Gasteiger partial charge >= 0.3 is 5.97 Å². The topological polar surface area (TPSA) is 92.8 Å². The van der Waals surface area contributed by atoms with Gasteiger partial charge in [0.15, 0.2) is 11.5 Å². The third-order valence-electron chi connectivity index (χ3n) is 3.01. The van der Waals surface area contributed by atoms with Crippen LogP contribution in [0.5, 0.6) is 11.5 Å². The van der Waals surface area contributed by atoms with Crippen LogP contribution in [0.15, 0.2) is 18.2 Å². The van der Waals surface area contributed by atoms with Crippen molar-refractivity contribution in [2.75, 3.05) is 7.11 Å². The molecule has 0 spiro atoms. The lowest BCUT2D eigenvalue weighted by molar-refractivity contribution is -0.142. The lowest BCUT2D eigenvalue weighted by atomic mass is 9.90. The third-order valence-corrected chi connectivity index (χ3v) is 3.01. The van der Waals surface area contributed by atoms with Crippen LogP contribution < -0.4 is 5.73 Å². The smallest absolute Gasteiger partial charge is 0.322 e. The minimum absolute atomic E-state index is 0.0330. The highest BCUT2D eigenvalue weighted by molar-refractivity contribution is 5.75. The molecule has 100 valence electrons. The van der Waals surface area contributed by atoms with Crippen molar-refractivity contribution in [2.24, 2.45) is 5.73 Å². The van der Waals surface area contributed by atoms with E-state index in [4.69, 9.17) is 5.73 Å². The summed E-state index contributed by atoms with van der Waals surface area (Å²) in [5, 5.41) is 18.7. The second-order valence-electron chi connectivity index (χ2n) is 4.22. The molecule has 0 heterocycles. The highest BCUT2D eigenvalue weighted by Gasteiger charge is 2.20. The average Bonchev–Trinajstić information content (AvgIpc) is 2.38. The zero-order valence-electron chi connectivity index (χ0n) is 10.6. The van der Waals surface area contributed by atoms with Crippen molar-refractivity contribution in [2.45, 2.75) is 31.7 Å². The second kappa shape index (κ2) is 6.26. The number of carbonyl (C=O) groups is 1. The van der Waals surface area contributed by atoms with Gasteiger partial charge in [-0.2, -0.15) is 0 Å².